The summed E-state index contributed by atoms with van der Waals surface area (Å²) in [5.41, 5.74) is 7.78. The van der Waals surface area contributed by atoms with E-state index in [1.54, 1.807) is 19.1 Å². The van der Waals surface area contributed by atoms with E-state index in [0.717, 1.165) is 5.56 Å². The highest BCUT2D eigenvalue weighted by Gasteiger charge is 2.11. The van der Waals surface area contributed by atoms with Gasteiger partial charge in [0.15, 0.2) is 0 Å². The molecule has 0 unspecified atom stereocenters. The van der Waals surface area contributed by atoms with Crippen molar-refractivity contribution in [3.8, 4) is 11.3 Å². The van der Waals surface area contributed by atoms with Crippen LogP contribution in [0.5, 0.6) is 0 Å². The Hall–Kier alpha value is -1.97. The van der Waals surface area contributed by atoms with Gasteiger partial charge in [-0.2, -0.15) is 0 Å². The molecule has 1 aromatic carbocycles. The molecule has 18 heavy (non-hydrogen) atoms. The number of benzene rings is 1. The minimum atomic E-state index is -0.240. The summed E-state index contributed by atoms with van der Waals surface area (Å²) in [6, 6.07) is 6.62. The van der Waals surface area contributed by atoms with Gasteiger partial charge in [-0.25, -0.2) is 14.4 Å². The average Bonchev–Trinajstić information content (AvgIpc) is 2.31. The van der Waals surface area contributed by atoms with Crippen molar-refractivity contribution < 1.29 is 4.39 Å². The van der Waals surface area contributed by atoms with Gasteiger partial charge in [-0.1, -0.05) is 26.0 Å². The zero-order chi connectivity index (χ0) is 13.3. The second-order valence-electron chi connectivity index (χ2n) is 4.60. The number of nitrogens with zero attached hydrogens (tertiary/aromatic N) is 2. The number of hydrogen-bond donors (Lipinski definition) is 1. The van der Waals surface area contributed by atoms with Crippen molar-refractivity contribution in [3.63, 3.8) is 0 Å². The van der Waals surface area contributed by atoms with Gasteiger partial charge in [0.05, 0.1) is 5.69 Å². The first-order chi connectivity index (χ1) is 8.49. The van der Waals surface area contributed by atoms with Crippen LogP contribution in [0.15, 0.2) is 24.3 Å². The molecule has 94 valence electrons. The normalized spacial score (nSPS) is 10.9. The van der Waals surface area contributed by atoms with Crippen molar-refractivity contribution in [3.05, 3.63) is 41.5 Å². The molecule has 2 N–H and O–H groups in total. The first-order valence-corrected chi connectivity index (χ1v) is 5.89. The van der Waals surface area contributed by atoms with Gasteiger partial charge in [-0.3, -0.25) is 0 Å². The molecule has 1 aromatic heterocycles. The number of halogens is 1. The van der Waals surface area contributed by atoms with E-state index >= 15 is 0 Å². The molecule has 0 aliphatic rings. The maximum Gasteiger partial charge on any atom is 0.133 e. The number of nitrogens with two attached hydrogens (primary N) is 1. The van der Waals surface area contributed by atoms with Crippen LogP contribution in [0.2, 0.25) is 0 Å². The molecule has 0 saturated carbocycles. The predicted molar refractivity (Wildman–Crippen MR) is 70.7 cm³/mol. The van der Waals surface area contributed by atoms with Gasteiger partial charge < -0.3 is 5.73 Å². The molecule has 1 heterocycles. The fourth-order valence-corrected chi connectivity index (χ4v) is 1.77. The average molecular weight is 245 g/mol. The van der Waals surface area contributed by atoms with Crippen LogP contribution in [-0.4, -0.2) is 9.97 Å². The van der Waals surface area contributed by atoms with Crippen LogP contribution >= 0.6 is 0 Å². The standard InChI is InChI=1S/C14H16FN3/c1-8(2)14-17-12(7-13(16)18-14)10-5-4-6-11(15)9(10)3/h4-8H,1-3H3,(H2,16,17,18). The molecular formula is C14H16FN3. The van der Waals surface area contributed by atoms with E-state index in [4.69, 9.17) is 5.73 Å². The molecule has 0 aliphatic heterocycles. The summed E-state index contributed by atoms with van der Waals surface area (Å²) in [5, 5.41) is 0. The van der Waals surface area contributed by atoms with Crippen LogP contribution in [0, 0.1) is 12.7 Å². The van der Waals surface area contributed by atoms with E-state index in [-0.39, 0.29) is 11.7 Å². The molecule has 4 heteroatoms. The Morgan fingerprint density at radius 1 is 1.22 bits per heavy atom. The first kappa shape index (κ1) is 12.5. The van der Waals surface area contributed by atoms with Crippen LogP contribution in [0.3, 0.4) is 0 Å². The SMILES string of the molecule is Cc1c(F)cccc1-c1cc(N)nc(C(C)C)n1. The summed E-state index contributed by atoms with van der Waals surface area (Å²) in [5.74, 6) is 1.03. The fraction of sp³-hybridized carbons (Fsp3) is 0.286. The zero-order valence-corrected chi connectivity index (χ0v) is 10.7. The van der Waals surface area contributed by atoms with E-state index in [1.807, 2.05) is 19.9 Å². The van der Waals surface area contributed by atoms with Gasteiger partial charge in [0.25, 0.3) is 0 Å². The summed E-state index contributed by atoms with van der Waals surface area (Å²) in [6.45, 7) is 5.73. The minimum Gasteiger partial charge on any atom is -0.384 e. The smallest absolute Gasteiger partial charge is 0.133 e. The van der Waals surface area contributed by atoms with Gasteiger partial charge in [0.1, 0.15) is 17.5 Å². The molecule has 0 bridgehead atoms. The van der Waals surface area contributed by atoms with Gasteiger partial charge in [-0.05, 0) is 18.6 Å². The zero-order valence-electron chi connectivity index (χ0n) is 10.7. The fourth-order valence-electron chi connectivity index (χ4n) is 1.77. The van der Waals surface area contributed by atoms with Crippen LogP contribution in [0.1, 0.15) is 31.2 Å². The van der Waals surface area contributed by atoms with Gasteiger partial charge in [0.2, 0.25) is 0 Å². The summed E-state index contributed by atoms with van der Waals surface area (Å²) in [6.07, 6.45) is 0. The van der Waals surface area contributed by atoms with E-state index in [2.05, 4.69) is 9.97 Å². The molecule has 0 aliphatic carbocycles. The molecule has 0 radical (unpaired) electrons. The maximum atomic E-state index is 13.5. The Bertz CT molecular complexity index is 579. The maximum absolute atomic E-state index is 13.5. The molecule has 0 saturated heterocycles. The molecule has 3 nitrogen and oxygen atoms in total. The third-order valence-corrected chi connectivity index (χ3v) is 2.82. The number of hydrogen-bond acceptors (Lipinski definition) is 3. The Morgan fingerprint density at radius 3 is 2.61 bits per heavy atom. The summed E-state index contributed by atoms with van der Waals surface area (Å²) < 4.78 is 13.5. The van der Waals surface area contributed by atoms with Crippen LogP contribution in [-0.2, 0) is 0 Å². The monoisotopic (exact) mass is 245 g/mol. The largest absolute Gasteiger partial charge is 0.384 e. The Kier molecular flexibility index (Phi) is 3.28. The lowest BCUT2D eigenvalue weighted by molar-refractivity contribution is 0.619. The van der Waals surface area contributed by atoms with Crippen molar-refractivity contribution in [2.24, 2.45) is 0 Å². The third kappa shape index (κ3) is 2.32. The quantitative estimate of drug-likeness (QED) is 0.883. The molecule has 2 rings (SSSR count). The van der Waals surface area contributed by atoms with Crippen LogP contribution in [0.4, 0.5) is 10.2 Å². The molecule has 0 amide bonds. The molecule has 0 spiro atoms. The Morgan fingerprint density at radius 2 is 1.94 bits per heavy atom. The summed E-state index contributed by atoms with van der Waals surface area (Å²) >= 11 is 0. The van der Waals surface area contributed by atoms with Crippen LogP contribution in [0.25, 0.3) is 11.3 Å². The highest BCUT2D eigenvalue weighted by molar-refractivity contribution is 5.65. The summed E-state index contributed by atoms with van der Waals surface area (Å²) in [7, 11) is 0. The van der Waals surface area contributed by atoms with Crippen molar-refractivity contribution in [2.75, 3.05) is 5.73 Å². The Labute approximate surface area is 106 Å². The van der Waals surface area contributed by atoms with E-state index < -0.39 is 0 Å². The topological polar surface area (TPSA) is 51.8 Å². The number of nitrogen functional groups attached to an aromatic ring is 1. The lowest BCUT2D eigenvalue weighted by atomic mass is 10.0. The second kappa shape index (κ2) is 4.72. The number of rotatable bonds is 2. The van der Waals surface area contributed by atoms with Crippen LogP contribution < -0.4 is 5.73 Å². The van der Waals surface area contributed by atoms with Crippen molar-refractivity contribution in [2.45, 2.75) is 26.7 Å². The molecule has 0 fully saturated rings. The lowest BCUT2D eigenvalue weighted by Gasteiger charge is -2.10. The van der Waals surface area contributed by atoms with E-state index in [9.17, 15) is 4.39 Å². The van der Waals surface area contributed by atoms with Gasteiger partial charge in [-0.15, -0.1) is 0 Å². The van der Waals surface area contributed by atoms with E-state index in [0.29, 0.717) is 22.9 Å². The highest BCUT2D eigenvalue weighted by Crippen LogP contribution is 2.25. The lowest BCUT2D eigenvalue weighted by Crippen LogP contribution is -2.03. The predicted octanol–water partition coefficient (Wildman–Crippen LogP) is 3.30. The number of anilines is 1. The van der Waals surface area contributed by atoms with Crippen molar-refractivity contribution >= 4 is 5.82 Å². The van der Waals surface area contributed by atoms with E-state index in [1.165, 1.54) is 6.07 Å². The third-order valence-electron chi connectivity index (χ3n) is 2.82. The molecular weight excluding hydrogens is 229 g/mol. The minimum absolute atomic E-state index is 0.182. The van der Waals surface area contributed by atoms with Gasteiger partial charge >= 0.3 is 0 Å². The Balaban J connectivity index is 2.60. The number of aromatic nitrogens is 2. The first-order valence-electron chi connectivity index (χ1n) is 5.89. The second-order valence-corrected chi connectivity index (χ2v) is 4.60. The van der Waals surface area contributed by atoms with Gasteiger partial charge in [0, 0.05) is 17.5 Å². The van der Waals surface area contributed by atoms with Crippen molar-refractivity contribution in [1.29, 1.82) is 0 Å². The molecule has 2 aromatic rings. The summed E-state index contributed by atoms with van der Waals surface area (Å²) in [4.78, 5) is 8.63. The van der Waals surface area contributed by atoms with Crippen molar-refractivity contribution in [1.82, 2.24) is 9.97 Å². The molecule has 0 atom stereocenters. The highest BCUT2D eigenvalue weighted by atomic mass is 19.1.